The molecule has 1 N–H and O–H groups in total. The molecule has 2 aromatic carbocycles. The van der Waals surface area contributed by atoms with Crippen molar-refractivity contribution in [2.75, 3.05) is 6.54 Å². The van der Waals surface area contributed by atoms with Crippen LogP contribution in [0.2, 0.25) is 0 Å². The zero-order valence-electron chi connectivity index (χ0n) is 18.9. The van der Waals surface area contributed by atoms with Gasteiger partial charge in [-0.25, -0.2) is 9.07 Å². The summed E-state index contributed by atoms with van der Waals surface area (Å²) < 4.78 is 21.3. The van der Waals surface area contributed by atoms with Crippen LogP contribution in [0.4, 0.5) is 4.39 Å². The SMILES string of the molecule is CCCC[C@H](O)CN(Cc1c(-c2ccccc2)nn(C)c1Oc1ccc(F)cc1)C1CC1. The minimum absolute atomic E-state index is 0.298. The fraction of sp³-hybridized carbons (Fsp3) is 0.423. The topological polar surface area (TPSA) is 50.5 Å². The van der Waals surface area contributed by atoms with Crippen LogP contribution in [0.25, 0.3) is 11.3 Å². The molecule has 1 saturated carbocycles. The summed E-state index contributed by atoms with van der Waals surface area (Å²) in [6, 6.07) is 16.6. The number of halogens is 1. The first kappa shape index (κ1) is 22.5. The van der Waals surface area contributed by atoms with Crippen molar-refractivity contribution >= 4 is 0 Å². The molecule has 1 heterocycles. The van der Waals surface area contributed by atoms with Crippen LogP contribution in [-0.4, -0.2) is 38.5 Å². The summed E-state index contributed by atoms with van der Waals surface area (Å²) in [5.41, 5.74) is 2.88. The molecule has 6 heteroatoms. The van der Waals surface area contributed by atoms with Gasteiger partial charge in [-0.05, 0) is 43.5 Å². The third kappa shape index (κ3) is 5.56. The normalized spacial score (nSPS) is 14.7. The molecule has 3 aromatic rings. The van der Waals surface area contributed by atoms with E-state index < -0.39 is 0 Å². The number of nitrogens with zero attached hydrogens (tertiary/aromatic N) is 3. The third-order valence-corrected chi connectivity index (χ3v) is 5.92. The molecule has 1 atom stereocenters. The molecule has 170 valence electrons. The highest BCUT2D eigenvalue weighted by atomic mass is 19.1. The fourth-order valence-corrected chi connectivity index (χ4v) is 4.05. The van der Waals surface area contributed by atoms with E-state index in [-0.39, 0.29) is 11.9 Å². The van der Waals surface area contributed by atoms with E-state index in [2.05, 4.69) is 11.8 Å². The van der Waals surface area contributed by atoms with Crippen molar-refractivity contribution in [2.45, 2.75) is 57.7 Å². The number of aromatic nitrogens is 2. The summed E-state index contributed by atoms with van der Waals surface area (Å²) in [6.45, 7) is 3.43. The maximum Gasteiger partial charge on any atom is 0.222 e. The summed E-state index contributed by atoms with van der Waals surface area (Å²) in [5.74, 6) is 0.911. The minimum atomic E-state index is -0.339. The van der Waals surface area contributed by atoms with Crippen LogP contribution in [0.1, 0.15) is 44.6 Å². The van der Waals surface area contributed by atoms with Gasteiger partial charge in [0.2, 0.25) is 5.88 Å². The number of unbranched alkanes of at least 4 members (excludes halogenated alkanes) is 1. The van der Waals surface area contributed by atoms with Gasteiger partial charge in [0.05, 0.1) is 11.7 Å². The molecule has 1 aromatic heterocycles. The molecule has 0 aliphatic heterocycles. The number of hydrogen-bond acceptors (Lipinski definition) is 4. The molecule has 0 radical (unpaired) electrons. The number of hydrogen-bond donors (Lipinski definition) is 1. The third-order valence-electron chi connectivity index (χ3n) is 5.92. The molecule has 0 bridgehead atoms. The smallest absolute Gasteiger partial charge is 0.222 e. The van der Waals surface area contributed by atoms with Crippen molar-refractivity contribution in [1.29, 1.82) is 0 Å². The monoisotopic (exact) mass is 437 g/mol. The van der Waals surface area contributed by atoms with Crippen LogP contribution < -0.4 is 4.74 Å². The number of aliphatic hydroxyl groups excluding tert-OH is 1. The molecule has 0 spiro atoms. The van der Waals surface area contributed by atoms with Gasteiger partial charge in [0, 0.05) is 31.7 Å². The van der Waals surface area contributed by atoms with Crippen LogP contribution in [0.15, 0.2) is 54.6 Å². The highest BCUT2D eigenvalue weighted by molar-refractivity contribution is 5.65. The second-order valence-electron chi connectivity index (χ2n) is 8.63. The Morgan fingerprint density at radius 1 is 1.16 bits per heavy atom. The highest BCUT2D eigenvalue weighted by Gasteiger charge is 2.32. The number of aliphatic hydroxyl groups is 1. The molecule has 0 unspecified atom stereocenters. The van der Waals surface area contributed by atoms with Crippen LogP contribution in [0.3, 0.4) is 0 Å². The van der Waals surface area contributed by atoms with Gasteiger partial charge in [-0.1, -0.05) is 50.1 Å². The number of benzene rings is 2. The molecule has 0 saturated heterocycles. The minimum Gasteiger partial charge on any atom is -0.439 e. The van der Waals surface area contributed by atoms with Gasteiger partial charge in [0.1, 0.15) is 17.3 Å². The van der Waals surface area contributed by atoms with E-state index in [0.29, 0.717) is 30.8 Å². The first-order valence-corrected chi connectivity index (χ1v) is 11.5. The zero-order valence-corrected chi connectivity index (χ0v) is 18.9. The number of rotatable bonds is 11. The second-order valence-corrected chi connectivity index (χ2v) is 8.63. The lowest BCUT2D eigenvalue weighted by Gasteiger charge is -2.25. The van der Waals surface area contributed by atoms with Crippen molar-refractivity contribution in [1.82, 2.24) is 14.7 Å². The van der Waals surface area contributed by atoms with Crippen molar-refractivity contribution < 1.29 is 14.2 Å². The van der Waals surface area contributed by atoms with E-state index in [1.54, 1.807) is 16.8 Å². The molecule has 1 fully saturated rings. The Hall–Kier alpha value is -2.70. The Balaban J connectivity index is 1.66. The van der Waals surface area contributed by atoms with E-state index >= 15 is 0 Å². The lowest BCUT2D eigenvalue weighted by atomic mass is 10.1. The summed E-state index contributed by atoms with van der Waals surface area (Å²) >= 11 is 0. The molecule has 4 rings (SSSR count). The molecule has 1 aliphatic carbocycles. The van der Waals surface area contributed by atoms with E-state index in [0.717, 1.165) is 48.9 Å². The first-order valence-electron chi connectivity index (χ1n) is 11.5. The van der Waals surface area contributed by atoms with E-state index in [4.69, 9.17) is 9.84 Å². The molecular formula is C26H32FN3O2. The fourth-order valence-electron chi connectivity index (χ4n) is 4.05. The van der Waals surface area contributed by atoms with E-state index in [1.807, 2.05) is 37.4 Å². The molecular weight excluding hydrogens is 405 g/mol. The molecule has 1 aliphatic rings. The van der Waals surface area contributed by atoms with Gasteiger partial charge < -0.3 is 9.84 Å². The van der Waals surface area contributed by atoms with E-state index in [1.165, 1.54) is 12.1 Å². The summed E-state index contributed by atoms with van der Waals surface area (Å²) in [7, 11) is 1.87. The Morgan fingerprint density at radius 2 is 1.88 bits per heavy atom. The quantitative estimate of drug-likeness (QED) is 0.428. The van der Waals surface area contributed by atoms with Gasteiger partial charge >= 0.3 is 0 Å². The second kappa shape index (κ2) is 10.3. The molecule has 32 heavy (non-hydrogen) atoms. The lowest BCUT2D eigenvalue weighted by molar-refractivity contribution is 0.0951. The Bertz CT molecular complexity index is 1000. The Morgan fingerprint density at radius 3 is 2.53 bits per heavy atom. The van der Waals surface area contributed by atoms with E-state index in [9.17, 15) is 9.50 Å². The Labute approximate surface area is 189 Å². The highest BCUT2D eigenvalue weighted by Crippen LogP contribution is 2.37. The van der Waals surface area contributed by atoms with Crippen molar-refractivity contribution in [3.63, 3.8) is 0 Å². The molecule has 5 nitrogen and oxygen atoms in total. The maximum atomic E-state index is 13.4. The standard InChI is InChI=1S/C26H32FN3O2/c1-3-4-10-22(31)17-30(21-13-14-21)18-24-25(19-8-6-5-7-9-19)28-29(2)26(24)32-23-15-11-20(27)12-16-23/h5-9,11-12,15-16,21-22,31H,3-4,10,13-14,17-18H2,1-2H3/t22-/m0/s1. The zero-order chi connectivity index (χ0) is 22.5. The van der Waals surface area contributed by atoms with Gasteiger partial charge in [0.25, 0.3) is 0 Å². The predicted octanol–water partition coefficient (Wildman–Crippen LogP) is 5.53. The van der Waals surface area contributed by atoms with Gasteiger partial charge in [0.15, 0.2) is 0 Å². The summed E-state index contributed by atoms with van der Waals surface area (Å²) in [6.07, 6.45) is 4.88. The van der Waals surface area contributed by atoms with Crippen LogP contribution in [-0.2, 0) is 13.6 Å². The maximum absolute atomic E-state index is 13.4. The van der Waals surface area contributed by atoms with Gasteiger partial charge in [-0.15, -0.1) is 0 Å². The van der Waals surface area contributed by atoms with Crippen molar-refractivity contribution in [3.8, 4) is 22.9 Å². The lowest BCUT2D eigenvalue weighted by Crippen LogP contribution is -2.34. The number of aryl methyl sites for hydroxylation is 1. The first-order chi connectivity index (χ1) is 15.5. The van der Waals surface area contributed by atoms with Crippen molar-refractivity contribution in [2.24, 2.45) is 7.05 Å². The average Bonchev–Trinajstić information content (AvgIpc) is 3.60. The van der Waals surface area contributed by atoms with Crippen molar-refractivity contribution in [3.05, 3.63) is 66.0 Å². The van der Waals surface area contributed by atoms with Gasteiger partial charge in [-0.3, -0.25) is 4.90 Å². The Kier molecular flexibility index (Phi) is 7.22. The van der Waals surface area contributed by atoms with Crippen LogP contribution in [0, 0.1) is 5.82 Å². The van der Waals surface area contributed by atoms with Gasteiger partial charge in [-0.2, -0.15) is 5.10 Å². The average molecular weight is 438 g/mol. The van der Waals surface area contributed by atoms with Crippen LogP contribution >= 0.6 is 0 Å². The summed E-state index contributed by atoms with van der Waals surface area (Å²) in [5, 5.41) is 15.4. The van der Waals surface area contributed by atoms with Crippen LogP contribution in [0.5, 0.6) is 11.6 Å². The number of ether oxygens (including phenoxy) is 1. The predicted molar refractivity (Wildman–Crippen MR) is 124 cm³/mol. The largest absolute Gasteiger partial charge is 0.439 e. The molecule has 0 amide bonds. The summed E-state index contributed by atoms with van der Waals surface area (Å²) in [4.78, 5) is 2.36.